The predicted molar refractivity (Wildman–Crippen MR) is 75.5 cm³/mol. The monoisotopic (exact) mass is 283 g/mol. The Morgan fingerprint density at radius 2 is 2.10 bits per heavy atom. The number of hydrogen-bond acceptors (Lipinski definition) is 4. The molecule has 6 heteroatoms. The molecule has 21 heavy (non-hydrogen) atoms. The first-order valence-corrected chi connectivity index (χ1v) is 6.38. The Hall–Kier alpha value is -2.94. The number of nitrogens with one attached hydrogen (secondary N) is 1. The zero-order valence-electron chi connectivity index (χ0n) is 11.1. The van der Waals surface area contributed by atoms with Crippen molar-refractivity contribution in [1.82, 2.24) is 10.3 Å². The van der Waals surface area contributed by atoms with Gasteiger partial charge in [0.25, 0.3) is 5.91 Å². The fourth-order valence-electron chi connectivity index (χ4n) is 1.99. The van der Waals surface area contributed by atoms with E-state index in [9.17, 15) is 9.59 Å². The van der Waals surface area contributed by atoms with Gasteiger partial charge in [-0.25, -0.2) is 4.79 Å². The molecule has 2 aromatic rings. The van der Waals surface area contributed by atoms with Gasteiger partial charge >= 0.3 is 5.97 Å². The third kappa shape index (κ3) is 3.34. The van der Waals surface area contributed by atoms with Crippen molar-refractivity contribution in [2.24, 2.45) is 0 Å². The molecule has 1 aromatic carbocycles. The minimum atomic E-state index is -1.16. The third-order valence-electron chi connectivity index (χ3n) is 3.03. The molecule has 0 aliphatic heterocycles. The lowest BCUT2D eigenvalue weighted by molar-refractivity contribution is -0.139. The highest BCUT2D eigenvalue weighted by Crippen LogP contribution is 2.16. The number of hydrogen-bond donors (Lipinski definition) is 2. The molecule has 0 aliphatic carbocycles. The van der Waals surface area contributed by atoms with Crippen molar-refractivity contribution >= 4 is 22.8 Å². The maximum absolute atomic E-state index is 12.2. The van der Waals surface area contributed by atoms with Crippen molar-refractivity contribution in [2.45, 2.75) is 18.9 Å². The van der Waals surface area contributed by atoms with E-state index in [4.69, 9.17) is 10.4 Å². The molecule has 2 N–H and O–H groups in total. The molecule has 0 saturated heterocycles. The van der Waals surface area contributed by atoms with E-state index in [1.807, 2.05) is 18.2 Å². The molecule has 1 atom stereocenters. The molecule has 0 aliphatic rings. The fraction of sp³-hybridized carbons (Fsp3) is 0.200. The molecule has 1 aromatic heterocycles. The van der Waals surface area contributed by atoms with E-state index in [2.05, 4.69) is 10.3 Å². The molecule has 106 valence electrons. The summed E-state index contributed by atoms with van der Waals surface area (Å²) in [6.07, 6.45) is 1.70. The summed E-state index contributed by atoms with van der Waals surface area (Å²) in [6, 6.07) is 9.49. The molecule has 2 rings (SSSR count). The number of nitriles is 1. The Kier molecular flexibility index (Phi) is 4.46. The van der Waals surface area contributed by atoms with Crippen molar-refractivity contribution in [1.29, 1.82) is 5.26 Å². The van der Waals surface area contributed by atoms with Gasteiger partial charge in [0.2, 0.25) is 0 Å². The Morgan fingerprint density at radius 3 is 2.81 bits per heavy atom. The number of rotatable bonds is 5. The highest BCUT2D eigenvalue weighted by atomic mass is 16.4. The minimum Gasteiger partial charge on any atom is -0.480 e. The number of carboxylic acid groups (broad SMARTS) is 1. The number of carbonyl (C=O) groups excluding carboxylic acids is 1. The molecule has 0 bridgehead atoms. The number of carbonyl (C=O) groups is 2. The SMILES string of the molecule is N#CCC[C@H](NC(=O)c1cccc2cccnc12)C(=O)O. The lowest BCUT2D eigenvalue weighted by atomic mass is 10.1. The third-order valence-corrected chi connectivity index (χ3v) is 3.03. The van der Waals surface area contributed by atoms with Crippen molar-refractivity contribution < 1.29 is 14.7 Å². The lowest BCUT2D eigenvalue weighted by Gasteiger charge is -2.13. The number of carboxylic acids is 1. The van der Waals surface area contributed by atoms with E-state index in [-0.39, 0.29) is 12.8 Å². The second kappa shape index (κ2) is 6.48. The Balaban J connectivity index is 2.26. The number of nitrogens with zero attached hydrogens (tertiary/aromatic N) is 2. The van der Waals surface area contributed by atoms with Gasteiger partial charge in [-0.1, -0.05) is 18.2 Å². The normalized spacial score (nSPS) is 11.6. The van der Waals surface area contributed by atoms with Gasteiger partial charge in [0, 0.05) is 18.0 Å². The lowest BCUT2D eigenvalue weighted by Crippen LogP contribution is -2.40. The standard InChI is InChI=1S/C15H13N3O3/c16-8-2-7-12(15(20)21)18-14(19)11-6-1-4-10-5-3-9-17-13(10)11/h1,3-6,9,12H,2,7H2,(H,18,19)(H,20,21)/t12-/m0/s1. The minimum absolute atomic E-state index is 0.0605. The molecule has 1 amide bonds. The van der Waals surface area contributed by atoms with E-state index in [0.29, 0.717) is 11.1 Å². The van der Waals surface area contributed by atoms with E-state index in [0.717, 1.165) is 5.39 Å². The van der Waals surface area contributed by atoms with Crippen LogP contribution in [0.3, 0.4) is 0 Å². The smallest absolute Gasteiger partial charge is 0.326 e. The molecular formula is C15H13N3O3. The van der Waals surface area contributed by atoms with Crippen LogP contribution in [0.4, 0.5) is 0 Å². The van der Waals surface area contributed by atoms with E-state index < -0.39 is 17.9 Å². The zero-order valence-corrected chi connectivity index (χ0v) is 11.1. The van der Waals surface area contributed by atoms with Crippen molar-refractivity contribution in [3.63, 3.8) is 0 Å². The summed E-state index contributed by atoms with van der Waals surface area (Å²) in [4.78, 5) is 27.5. The van der Waals surface area contributed by atoms with E-state index >= 15 is 0 Å². The van der Waals surface area contributed by atoms with Crippen molar-refractivity contribution in [3.05, 3.63) is 42.1 Å². The van der Waals surface area contributed by atoms with Crippen LogP contribution in [0.5, 0.6) is 0 Å². The quantitative estimate of drug-likeness (QED) is 0.869. The average Bonchev–Trinajstić information content (AvgIpc) is 2.50. The Morgan fingerprint density at radius 1 is 1.33 bits per heavy atom. The number of benzene rings is 1. The number of pyridine rings is 1. The van der Waals surface area contributed by atoms with Crippen LogP contribution in [0, 0.1) is 11.3 Å². The molecule has 0 fully saturated rings. The van der Waals surface area contributed by atoms with Gasteiger partial charge in [-0.2, -0.15) is 5.26 Å². The van der Waals surface area contributed by atoms with Crippen LogP contribution >= 0.6 is 0 Å². The summed E-state index contributed by atoms with van der Waals surface area (Å²) in [5, 5.41) is 20.8. The Bertz CT molecular complexity index is 716. The fourth-order valence-corrected chi connectivity index (χ4v) is 1.99. The van der Waals surface area contributed by atoms with Crippen LogP contribution in [0.25, 0.3) is 10.9 Å². The number of fused-ring (bicyclic) bond motifs is 1. The number of para-hydroxylation sites is 1. The number of aromatic nitrogens is 1. The largest absolute Gasteiger partial charge is 0.480 e. The second-order valence-electron chi connectivity index (χ2n) is 4.44. The van der Waals surface area contributed by atoms with E-state index in [1.54, 1.807) is 24.4 Å². The molecule has 0 spiro atoms. The topological polar surface area (TPSA) is 103 Å². The van der Waals surface area contributed by atoms with Gasteiger partial charge in [-0.05, 0) is 18.6 Å². The van der Waals surface area contributed by atoms with Gasteiger partial charge in [0.1, 0.15) is 6.04 Å². The summed E-state index contributed by atoms with van der Waals surface area (Å²) >= 11 is 0. The van der Waals surface area contributed by atoms with Gasteiger partial charge in [-0.15, -0.1) is 0 Å². The van der Waals surface area contributed by atoms with Crippen LogP contribution in [0.1, 0.15) is 23.2 Å². The maximum Gasteiger partial charge on any atom is 0.326 e. The zero-order chi connectivity index (χ0) is 15.2. The first-order valence-electron chi connectivity index (χ1n) is 6.38. The summed E-state index contributed by atoms with van der Waals surface area (Å²) in [5.74, 6) is -1.67. The highest BCUT2D eigenvalue weighted by molar-refractivity contribution is 6.06. The number of aliphatic carboxylic acids is 1. The van der Waals surface area contributed by atoms with Gasteiger partial charge in [-0.3, -0.25) is 9.78 Å². The molecular weight excluding hydrogens is 270 g/mol. The maximum atomic E-state index is 12.2. The highest BCUT2D eigenvalue weighted by Gasteiger charge is 2.21. The molecule has 1 heterocycles. The molecule has 0 saturated carbocycles. The van der Waals surface area contributed by atoms with Crippen LogP contribution in [-0.2, 0) is 4.79 Å². The van der Waals surface area contributed by atoms with Crippen molar-refractivity contribution in [3.8, 4) is 6.07 Å². The summed E-state index contributed by atoms with van der Waals surface area (Å²) in [7, 11) is 0. The van der Waals surface area contributed by atoms with Gasteiger partial charge in [0.15, 0.2) is 0 Å². The van der Waals surface area contributed by atoms with Crippen LogP contribution in [0.2, 0.25) is 0 Å². The van der Waals surface area contributed by atoms with Crippen LogP contribution in [0.15, 0.2) is 36.5 Å². The molecule has 6 nitrogen and oxygen atoms in total. The predicted octanol–water partition coefficient (Wildman–Crippen LogP) is 1.72. The first-order chi connectivity index (χ1) is 10.1. The van der Waals surface area contributed by atoms with Crippen molar-refractivity contribution in [2.75, 3.05) is 0 Å². The van der Waals surface area contributed by atoms with Crippen LogP contribution < -0.4 is 5.32 Å². The second-order valence-corrected chi connectivity index (χ2v) is 4.44. The summed E-state index contributed by atoms with van der Waals surface area (Å²) in [5.41, 5.74) is 0.832. The molecule has 0 radical (unpaired) electrons. The van der Waals surface area contributed by atoms with Gasteiger partial charge < -0.3 is 10.4 Å². The average molecular weight is 283 g/mol. The molecule has 0 unspecified atom stereocenters. The first kappa shape index (κ1) is 14.5. The Labute approximate surface area is 121 Å². The summed E-state index contributed by atoms with van der Waals surface area (Å²) in [6.45, 7) is 0. The number of amides is 1. The van der Waals surface area contributed by atoms with E-state index in [1.165, 1.54) is 0 Å². The summed E-state index contributed by atoms with van der Waals surface area (Å²) < 4.78 is 0. The van der Waals surface area contributed by atoms with Gasteiger partial charge in [0.05, 0.1) is 17.1 Å². The van der Waals surface area contributed by atoms with Crippen LogP contribution in [-0.4, -0.2) is 28.0 Å².